The van der Waals surface area contributed by atoms with E-state index in [9.17, 15) is 8.42 Å². The first kappa shape index (κ1) is 23.4. The van der Waals surface area contributed by atoms with Crippen LogP contribution in [0.1, 0.15) is 18.9 Å². The van der Waals surface area contributed by atoms with E-state index >= 15 is 0 Å². The molecule has 1 unspecified atom stereocenters. The number of nitrogens with one attached hydrogen (secondary N) is 1. The SMILES string of the molecule is CCC(CS(=O)(=O)c1ccccc1)NC(=NC)N(C)Cc1ccccc1.I. The first-order chi connectivity index (χ1) is 12.5. The molecule has 0 aromatic heterocycles. The molecule has 0 aliphatic rings. The molecule has 2 aromatic rings. The molecule has 0 aliphatic heterocycles. The minimum atomic E-state index is -3.35. The number of halogens is 1. The Labute approximate surface area is 179 Å². The van der Waals surface area contributed by atoms with Crippen LogP contribution < -0.4 is 5.32 Å². The number of aliphatic imine (C=N–C) groups is 1. The largest absolute Gasteiger partial charge is 0.352 e. The van der Waals surface area contributed by atoms with Crippen LogP contribution in [0.4, 0.5) is 0 Å². The molecule has 148 valence electrons. The molecular formula is C20H28IN3O2S. The van der Waals surface area contributed by atoms with E-state index in [1.54, 1.807) is 31.3 Å². The van der Waals surface area contributed by atoms with Crippen LogP contribution >= 0.6 is 24.0 Å². The van der Waals surface area contributed by atoms with Gasteiger partial charge in [-0.05, 0) is 24.1 Å². The third-order valence-corrected chi connectivity index (χ3v) is 6.02. The number of benzene rings is 2. The third kappa shape index (κ3) is 7.14. The summed E-state index contributed by atoms with van der Waals surface area (Å²) in [4.78, 5) is 6.66. The van der Waals surface area contributed by atoms with E-state index in [0.717, 1.165) is 0 Å². The molecule has 7 heteroatoms. The van der Waals surface area contributed by atoms with Crippen LogP contribution in [-0.2, 0) is 16.4 Å². The number of sulfone groups is 1. The molecule has 2 aromatic carbocycles. The molecule has 1 atom stereocenters. The Morgan fingerprint density at radius 3 is 2.15 bits per heavy atom. The van der Waals surface area contributed by atoms with Crippen molar-refractivity contribution in [3.63, 3.8) is 0 Å². The van der Waals surface area contributed by atoms with Crippen LogP contribution in [0.5, 0.6) is 0 Å². The van der Waals surface area contributed by atoms with Gasteiger partial charge in [0.05, 0.1) is 10.6 Å². The lowest BCUT2D eigenvalue weighted by atomic mass is 10.2. The zero-order valence-corrected chi connectivity index (χ0v) is 19.1. The van der Waals surface area contributed by atoms with Crippen molar-refractivity contribution in [2.75, 3.05) is 19.8 Å². The maximum atomic E-state index is 12.6. The highest BCUT2D eigenvalue weighted by atomic mass is 127. The molecule has 0 bridgehead atoms. The van der Waals surface area contributed by atoms with Gasteiger partial charge in [-0.15, -0.1) is 24.0 Å². The second-order valence-corrected chi connectivity index (χ2v) is 8.27. The first-order valence-electron chi connectivity index (χ1n) is 8.72. The number of rotatable bonds is 7. The number of hydrogen-bond donors (Lipinski definition) is 1. The van der Waals surface area contributed by atoms with Gasteiger partial charge in [-0.1, -0.05) is 55.5 Å². The normalized spacial score (nSPS) is 12.8. The smallest absolute Gasteiger partial charge is 0.193 e. The minimum Gasteiger partial charge on any atom is -0.352 e. The van der Waals surface area contributed by atoms with E-state index in [4.69, 9.17) is 0 Å². The van der Waals surface area contributed by atoms with Crippen LogP contribution in [-0.4, -0.2) is 45.2 Å². The highest BCUT2D eigenvalue weighted by Gasteiger charge is 2.21. The lowest BCUT2D eigenvalue weighted by Gasteiger charge is -2.26. The van der Waals surface area contributed by atoms with Gasteiger partial charge in [-0.25, -0.2) is 8.42 Å². The Bertz CT molecular complexity index is 812. The molecule has 0 aliphatic carbocycles. The Morgan fingerprint density at radius 1 is 1.07 bits per heavy atom. The minimum absolute atomic E-state index is 0. The van der Waals surface area contributed by atoms with E-state index < -0.39 is 9.84 Å². The Hall–Kier alpha value is -1.61. The van der Waals surface area contributed by atoms with Crippen molar-refractivity contribution in [3.8, 4) is 0 Å². The summed E-state index contributed by atoms with van der Waals surface area (Å²) in [6, 6.07) is 18.5. The Balaban J connectivity index is 0.00000364. The lowest BCUT2D eigenvalue weighted by molar-refractivity contribution is 0.460. The topological polar surface area (TPSA) is 61.8 Å². The van der Waals surface area contributed by atoms with Crippen molar-refractivity contribution in [1.29, 1.82) is 0 Å². The van der Waals surface area contributed by atoms with Crippen molar-refractivity contribution in [3.05, 3.63) is 66.2 Å². The molecule has 27 heavy (non-hydrogen) atoms. The second kappa shape index (κ2) is 11.3. The highest BCUT2D eigenvalue weighted by Crippen LogP contribution is 2.13. The molecule has 1 N–H and O–H groups in total. The van der Waals surface area contributed by atoms with Crippen LogP contribution in [0.15, 0.2) is 70.6 Å². The summed E-state index contributed by atoms with van der Waals surface area (Å²) in [6.07, 6.45) is 0.685. The fraction of sp³-hybridized carbons (Fsp3) is 0.350. The molecule has 0 saturated heterocycles. The molecule has 0 radical (unpaired) electrons. The molecule has 0 spiro atoms. The number of nitrogens with zero attached hydrogens (tertiary/aromatic N) is 2. The van der Waals surface area contributed by atoms with Gasteiger partial charge in [0.1, 0.15) is 0 Å². The van der Waals surface area contributed by atoms with Gasteiger partial charge in [0.25, 0.3) is 0 Å². The van der Waals surface area contributed by atoms with E-state index in [-0.39, 0.29) is 35.8 Å². The third-order valence-electron chi connectivity index (χ3n) is 4.18. The molecule has 5 nitrogen and oxygen atoms in total. The van der Waals surface area contributed by atoms with Crippen LogP contribution in [0.3, 0.4) is 0 Å². The summed E-state index contributed by atoms with van der Waals surface area (Å²) in [5, 5.41) is 3.30. The molecule has 0 saturated carbocycles. The van der Waals surface area contributed by atoms with E-state index in [2.05, 4.69) is 22.4 Å². The van der Waals surface area contributed by atoms with Crippen molar-refractivity contribution in [2.24, 2.45) is 4.99 Å². The summed E-state index contributed by atoms with van der Waals surface area (Å²) in [5.41, 5.74) is 1.17. The molecule has 0 amide bonds. The average molecular weight is 501 g/mol. The fourth-order valence-corrected chi connectivity index (χ4v) is 4.32. The standard InChI is InChI=1S/C20H27N3O2S.HI/c1-4-18(16-26(24,25)19-13-9-6-10-14-19)22-20(21-2)23(3)15-17-11-7-5-8-12-17;/h5-14,18H,4,15-16H2,1-3H3,(H,21,22);1H. The number of hydrogen-bond acceptors (Lipinski definition) is 3. The fourth-order valence-electron chi connectivity index (χ4n) is 2.71. The molecule has 2 rings (SSSR count). The van der Waals surface area contributed by atoms with Gasteiger partial charge in [0.2, 0.25) is 0 Å². The average Bonchev–Trinajstić information content (AvgIpc) is 2.66. The van der Waals surface area contributed by atoms with Crippen molar-refractivity contribution in [2.45, 2.75) is 30.8 Å². The van der Waals surface area contributed by atoms with Gasteiger partial charge in [-0.2, -0.15) is 0 Å². The summed E-state index contributed by atoms with van der Waals surface area (Å²) in [6.45, 7) is 2.67. The zero-order chi connectivity index (χ0) is 19.0. The summed E-state index contributed by atoms with van der Waals surface area (Å²) in [5.74, 6) is 0.718. The molecular weight excluding hydrogens is 473 g/mol. The van der Waals surface area contributed by atoms with E-state index in [1.165, 1.54) is 5.56 Å². The zero-order valence-electron chi connectivity index (χ0n) is 16.0. The van der Waals surface area contributed by atoms with E-state index in [0.29, 0.717) is 23.8 Å². The van der Waals surface area contributed by atoms with Crippen LogP contribution in [0.25, 0.3) is 0 Å². The quantitative estimate of drug-likeness (QED) is 0.358. The van der Waals surface area contributed by atoms with Crippen molar-refractivity contribution < 1.29 is 8.42 Å². The van der Waals surface area contributed by atoms with Crippen LogP contribution in [0.2, 0.25) is 0 Å². The van der Waals surface area contributed by atoms with Crippen molar-refractivity contribution >= 4 is 39.8 Å². The highest BCUT2D eigenvalue weighted by molar-refractivity contribution is 14.0. The summed E-state index contributed by atoms with van der Waals surface area (Å²) < 4.78 is 25.3. The predicted molar refractivity (Wildman–Crippen MR) is 122 cm³/mol. The Morgan fingerprint density at radius 2 is 1.63 bits per heavy atom. The summed E-state index contributed by atoms with van der Waals surface area (Å²) in [7, 11) is 0.310. The second-order valence-electron chi connectivity index (χ2n) is 6.23. The van der Waals surface area contributed by atoms with Crippen LogP contribution in [0, 0.1) is 0 Å². The van der Waals surface area contributed by atoms with Gasteiger partial charge in [-0.3, -0.25) is 4.99 Å². The number of guanidine groups is 1. The van der Waals surface area contributed by atoms with Gasteiger partial charge in [0.15, 0.2) is 15.8 Å². The van der Waals surface area contributed by atoms with Crippen molar-refractivity contribution in [1.82, 2.24) is 10.2 Å². The maximum absolute atomic E-state index is 12.6. The predicted octanol–water partition coefficient (Wildman–Crippen LogP) is 3.56. The van der Waals surface area contributed by atoms with Gasteiger partial charge in [0, 0.05) is 26.7 Å². The molecule has 0 heterocycles. The molecule has 0 fully saturated rings. The summed E-state index contributed by atoms with van der Waals surface area (Å²) >= 11 is 0. The maximum Gasteiger partial charge on any atom is 0.193 e. The van der Waals surface area contributed by atoms with Gasteiger partial charge < -0.3 is 10.2 Å². The lowest BCUT2D eigenvalue weighted by Crippen LogP contribution is -2.46. The van der Waals surface area contributed by atoms with Gasteiger partial charge >= 0.3 is 0 Å². The Kier molecular flexibility index (Phi) is 9.79. The monoisotopic (exact) mass is 501 g/mol. The first-order valence-corrected chi connectivity index (χ1v) is 10.4. The van der Waals surface area contributed by atoms with E-state index in [1.807, 2.05) is 43.1 Å².